The number of carbonyl (C=O) groups is 1. The Bertz CT molecular complexity index is 755. The number of hydrogen-bond acceptors (Lipinski definition) is 4. The number of carbonyl (C=O) groups excluding carboxylic acids is 1. The van der Waals surface area contributed by atoms with Crippen LogP contribution in [-0.4, -0.2) is 47.1 Å². The fourth-order valence-electron chi connectivity index (χ4n) is 4.12. The van der Waals surface area contributed by atoms with E-state index in [9.17, 15) is 36.2 Å². The topological polar surface area (TPSA) is 62.7 Å². The highest BCUT2D eigenvalue weighted by atomic mass is 19.4. The minimum atomic E-state index is -4.49. The van der Waals surface area contributed by atoms with Gasteiger partial charge in [0, 0.05) is 19.0 Å². The maximum absolute atomic E-state index is 13.0. The number of pyridine rings is 1. The summed E-state index contributed by atoms with van der Waals surface area (Å²) < 4.78 is 78.6. The Labute approximate surface area is 169 Å². The summed E-state index contributed by atoms with van der Waals surface area (Å²) in [5, 5.41) is 10.5. The van der Waals surface area contributed by atoms with Crippen molar-refractivity contribution < 1.29 is 41.0 Å². The molecule has 0 unspecified atom stereocenters. The van der Waals surface area contributed by atoms with Crippen LogP contribution in [-0.2, 0) is 4.79 Å². The van der Waals surface area contributed by atoms with Crippen LogP contribution in [0, 0.1) is 5.41 Å². The number of halogens is 6. The minimum absolute atomic E-state index is 0.116. The number of rotatable bonds is 5. The zero-order chi connectivity index (χ0) is 22.2. The fraction of sp³-hybridized carbons (Fsp3) is 0.684. The van der Waals surface area contributed by atoms with E-state index in [1.54, 1.807) is 0 Å². The maximum Gasteiger partial charge on any atom is 0.422 e. The first-order valence-corrected chi connectivity index (χ1v) is 9.58. The molecule has 1 saturated carbocycles. The molecule has 168 valence electrons. The van der Waals surface area contributed by atoms with E-state index in [0.29, 0.717) is 18.7 Å². The molecule has 1 aliphatic carbocycles. The van der Waals surface area contributed by atoms with Gasteiger partial charge in [-0.15, -0.1) is 0 Å². The molecule has 0 bridgehead atoms. The third-order valence-electron chi connectivity index (χ3n) is 5.94. The normalized spacial score (nSPS) is 27.7. The van der Waals surface area contributed by atoms with Gasteiger partial charge in [-0.05, 0) is 44.6 Å². The van der Waals surface area contributed by atoms with Crippen molar-refractivity contribution in [3.8, 4) is 5.88 Å². The van der Waals surface area contributed by atoms with E-state index in [4.69, 9.17) is 0 Å². The summed E-state index contributed by atoms with van der Waals surface area (Å²) in [5.41, 5.74) is -1.75. The van der Waals surface area contributed by atoms with Crippen LogP contribution < -0.4 is 9.64 Å². The summed E-state index contributed by atoms with van der Waals surface area (Å²) in [6.07, 6.45) is -7.71. The van der Waals surface area contributed by atoms with Crippen LogP contribution in [0.15, 0.2) is 18.3 Å². The Kier molecular flexibility index (Phi) is 5.96. The van der Waals surface area contributed by atoms with Crippen molar-refractivity contribution in [3.63, 3.8) is 0 Å². The first kappa shape index (κ1) is 22.6. The molecule has 1 N–H and O–H groups in total. The van der Waals surface area contributed by atoms with Crippen molar-refractivity contribution in [2.75, 3.05) is 18.1 Å². The average Bonchev–Trinajstić information content (AvgIpc) is 2.97. The molecule has 1 saturated heterocycles. The number of aromatic nitrogens is 1. The van der Waals surface area contributed by atoms with Crippen molar-refractivity contribution in [2.24, 2.45) is 5.41 Å². The zero-order valence-electron chi connectivity index (χ0n) is 16.0. The number of nitrogens with zero attached hydrogens (tertiary/aromatic N) is 2. The summed E-state index contributed by atoms with van der Waals surface area (Å²) in [4.78, 5) is 18.3. The summed E-state index contributed by atoms with van der Waals surface area (Å²) in [7, 11) is 0. The number of anilines is 1. The first-order valence-electron chi connectivity index (χ1n) is 9.58. The Hall–Kier alpha value is -2.04. The highest BCUT2D eigenvalue weighted by molar-refractivity contribution is 5.99. The lowest BCUT2D eigenvalue weighted by molar-refractivity contribution is -0.154. The standard InChI is InChI=1S/C19H22F6N2O3/c20-18(21,22)8-7-17(29)5-3-16(4-6-17)9-10-27(15(16)28)13-1-2-14(26-11-13)30-12-19(23,24)25/h1-2,11,29H,3-10,12H2/t16-,17+. The zero-order valence-corrected chi connectivity index (χ0v) is 16.0. The van der Waals surface area contributed by atoms with Crippen LogP contribution in [0.5, 0.6) is 5.88 Å². The molecule has 1 aromatic rings. The molecule has 1 aromatic heterocycles. The van der Waals surface area contributed by atoms with Crippen LogP contribution >= 0.6 is 0 Å². The second-order valence-electron chi connectivity index (χ2n) is 8.09. The van der Waals surface area contributed by atoms with E-state index < -0.39 is 36.4 Å². The summed E-state index contributed by atoms with van der Waals surface area (Å²) in [6, 6.07) is 2.69. The quantitative estimate of drug-likeness (QED) is 0.690. The predicted octanol–water partition coefficient (Wildman–Crippen LogP) is 4.39. The molecule has 2 fully saturated rings. The Morgan fingerprint density at radius 3 is 2.23 bits per heavy atom. The SMILES string of the molecule is O=C1N(c2ccc(OCC(F)(F)F)nc2)CC[C@]12CC[C@@](O)(CCC(F)(F)F)CC2. The van der Waals surface area contributed by atoms with Crippen molar-refractivity contribution in [1.29, 1.82) is 0 Å². The number of ether oxygens (including phenoxy) is 1. The molecule has 0 aromatic carbocycles. The van der Waals surface area contributed by atoms with E-state index in [0.717, 1.165) is 0 Å². The number of alkyl halides is 6. The van der Waals surface area contributed by atoms with Gasteiger partial charge in [0.2, 0.25) is 11.8 Å². The van der Waals surface area contributed by atoms with Crippen LogP contribution in [0.3, 0.4) is 0 Å². The fourth-order valence-corrected chi connectivity index (χ4v) is 4.12. The average molecular weight is 440 g/mol. The lowest BCUT2D eigenvalue weighted by Crippen LogP contribution is -2.44. The van der Waals surface area contributed by atoms with Crippen LogP contribution in [0.25, 0.3) is 0 Å². The van der Waals surface area contributed by atoms with Gasteiger partial charge >= 0.3 is 12.4 Å². The lowest BCUT2D eigenvalue weighted by Gasteiger charge is -2.41. The molecule has 0 atom stereocenters. The predicted molar refractivity (Wildman–Crippen MR) is 93.9 cm³/mol. The molecule has 1 spiro atoms. The minimum Gasteiger partial charge on any atom is -0.468 e. The van der Waals surface area contributed by atoms with E-state index in [1.807, 2.05) is 0 Å². The maximum atomic E-state index is 13.0. The van der Waals surface area contributed by atoms with E-state index in [2.05, 4.69) is 9.72 Å². The smallest absolute Gasteiger partial charge is 0.422 e. The summed E-state index contributed by atoms with van der Waals surface area (Å²) >= 11 is 0. The van der Waals surface area contributed by atoms with Gasteiger partial charge in [0.15, 0.2) is 6.61 Å². The van der Waals surface area contributed by atoms with Gasteiger partial charge < -0.3 is 14.7 Å². The Morgan fingerprint density at radius 1 is 1.03 bits per heavy atom. The molecule has 0 radical (unpaired) electrons. The van der Waals surface area contributed by atoms with E-state index >= 15 is 0 Å². The second-order valence-corrected chi connectivity index (χ2v) is 8.09. The molecule has 30 heavy (non-hydrogen) atoms. The number of amides is 1. The second kappa shape index (κ2) is 7.90. The summed E-state index contributed by atoms with van der Waals surface area (Å²) in [6.45, 7) is -1.10. The number of aliphatic hydroxyl groups is 1. The Balaban J connectivity index is 1.60. The van der Waals surface area contributed by atoms with Crippen LogP contribution in [0.2, 0.25) is 0 Å². The Morgan fingerprint density at radius 2 is 1.70 bits per heavy atom. The molecule has 11 heteroatoms. The van der Waals surface area contributed by atoms with Crippen molar-refractivity contribution >= 4 is 11.6 Å². The van der Waals surface area contributed by atoms with Gasteiger partial charge in [-0.3, -0.25) is 4.79 Å². The number of hydrogen-bond donors (Lipinski definition) is 1. The monoisotopic (exact) mass is 440 g/mol. The highest BCUT2D eigenvalue weighted by Gasteiger charge is 2.52. The molecule has 2 heterocycles. The molecule has 3 rings (SSSR count). The van der Waals surface area contributed by atoms with Crippen LogP contribution in [0.4, 0.5) is 32.0 Å². The molecule has 1 amide bonds. The third-order valence-corrected chi connectivity index (χ3v) is 5.94. The summed E-state index contributed by atoms with van der Waals surface area (Å²) in [5.74, 6) is -0.420. The van der Waals surface area contributed by atoms with Crippen molar-refractivity contribution in [1.82, 2.24) is 4.98 Å². The largest absolute Gasteiger partial charge is 0.468 e. The van der Waals surface area contributed by atoms with Crippen molar-refractivity contribution in [3.05, 3.63) is 18.3 Å². The van der Waals surface area contributed by atoms with Crippen molar-refractivity contribution in [2.45, 2.75) is 62.9 Å². The molecule has 5 nitrogen and oxygen atoms in total. The molecule has 2 aliphatic rings. The van der Waals surface area contributed by atoms with Gasteiger partial charge in [0.25, 0.3) is 0 Å². The lowest BCUT2D eigenvalue weighted by atomic mass is 9.66. The molecular weight excluding hydrogens is 418 g/mol. The van der Waals surface area contributed by atoms with E-state index in [-0.39, 0.29) is 43.9 Å². The van der Waals surface area contributed by atoms with Gasteiger partial charge in [-0.1, -0.05) is 0 Å². The van der Waals surface area contributed by atoms with Gasteiger partial charge in [0.1, 0.15) is 0 Å². The molecule has 1 aliphatic heterocycles. The van der Waals surface area contributed by atoms with E-state index in [1.165, 1.54) is 23.2 Å². The van der Waals surface area contributed by atoms with Gasteiger partial charge in [-0.2, -0.15) is 26.3 Å². The van der Waals surface area contributed by atoms with Gasteiger partial charge in [-0.25, -0.2) is 4.98 Å². The first-order chi connectivity index (χ1) is 13.8. The third kappa shape index (κ3) is 5.35. The van der Waals surface area contributed by atoms with Crippen LogP contribution in [0.1, 0.15) is 44.9 Å². The van der Waals surface area contributed by atoms with Gasteiger partial charge in [0.05, 0.1) is 22.9 Å². The molecular formula is C19H22F6N2O3. The highest BCUT2D eigenvalue weighted by Crippen LogP contribution is 2.50.